The number of nitrogens with zero attached hydrogens (tertiary/aromatic N) is 2. The highest BCUT2D eigenvalue weighted by atomic mass is 16.2. The van der Waals surface area contributed by atoms with E-state index >= 15 is 0 Å². The van der Waals surface area contributed by atoms with E-state index in [0.717, 1.165) is 18.8 Å². The van der Waals surface area contributed by atoms with Crippen molar-refractivity contribution < 1.29 is 9.59 Å². The van der Waals surface area contributed by atoms with E-state index in [9.17, 15) is 9.59 Å². The van der Waals surface area contributed by atoms with Gasteiger partial charge in [0, 0.05) is 37.6 Å². The van der Waals surface area contributed by atoms with E-state index in [2.05, 4.69) is 25.5 Å². The van der Waals surface area contributed by atoms with Crippen LogP contribution in [0.2, 0.25) is 0 Å². The van der Waals surface area contributed by atoms with Crippen molar-refractivity contribution in [2.24, 2.45) is 5.92 Å². The van der Waals surface area contributed by atoms with Crippen molar-refractivity contribution in [1.82, 2.24) is 25.5 Å². The second-order valence-corrected chi connectivity index (χ2v) is 6.63. The summed E-state index contributed by atoms with van der Waals surface area (Å²) in [5.41, 5.74) is 0.858. The molecule has 0 spiro atoms. The maximum absolute atomic E-state index is 12.3. The van der Waals surface area contributed by atoms with Crippen LogP contribution >= 0.6 is 0 Å². The SMILES string of the molecule is CCNC(=O)[C@@H]1C[C@H](NC(=O)c2ncc(C)[nH]2)CN1CC1CC1. The number of hydrogen-bond acceptors (Lipinski definition) is 4. The van der Waals surface area contributed by atoms with E-state index in [0.29, 0.717) is 24.7 Å². The van der Waals surface area contributed by atoms with E-state index in [1.54, 1.807) is 6.20 Å². The molecule has 2 aliphatic rings. The normalized spacial score (nSPS) is 24.6. The summed E-state index contributed by atoms with van der Waals surface area (Å²) < 4.78 is 0. The molecule has 3 N–H and O–H groups in total. The van der Waals surface area contributed by atoms with E-state index in [-0.39, 0.29) is 23.9 Å². The molecule has 23 heavy (non-hydrogen) atoms. The lowest BCUT2D eigenvalue weighted by atomic mass is 10.1. The largest absolute Gasteiger partial charge is 0.355 e. The van der Waals surface area contributed by atoms with Crippen LogP contribution in [0.1, 0.15) is 42.5 Å². The van der Waals surface area contributed by atoms with Crippen molar-refractivity contribution in [3.05, 3.63) is 17.7 Å². The number of aromatic amines is 1. The molecule has 1 aliphatic carbocycles. The van der Waals surface area contributed by atoms with Crippen LogP contribution in [0, 0.1) is 12.8 Å². The molecule has 0 radical (unpaired) electrons. The van der Waals surface area contributed by atoms with Gasteiger partial charge in [-0.2, -0.15) is 0 Å². The smallest absolute Gasteiger partial charge is 0.287 e. The van der Waals surface area contributed by atoms with Crippen LogP contribution in [-0.4, -0.2) is 58.4 Å². The first-order valence-corrected chi connectivity index (χ1v) is 8.41. The van der Waals surface area contributed by atoms with Gasteiger partial charge < -0.3 is 15.6 Å². The maximum atomic E-state index is 12.3. The van der Waals surface area contributed by atoms with Crippen LogP contribution in [0.3, 0.4) is 0 Å². The average Bonchev–Trinajstić information content (AvgIpc) is 3.06. The van der Waals surface area contributed by atoms with Crippen LogP contribution < -0.4 is 10.6 Å². The molecule has 1 aromatic heterocycles. The molecule has 1 saturated carbocycles. The Morgan fingerprint density at radius 3 is 2.83 bits per heavy atom. The summed E-state index contributed by atoms with van der Waals surface area (Å²) in [6.45, 7) is 6.10. The molecule has 1 saturated heterocycles. The van der Waals surface area contributed by atoms with Gasteiger partial charge in [0.2, 0.25) is 5.91 Å². The van der Waals surface area contributed by atoms with Crippen molar-refractivity contribution in [3.63, 3.8) is 0 Å². The molecule has 7 nitrogen and oxygen atoms in total. The van der Waals surface area contributed by atoms with E-state index in [4.69, 9.17) is 0 Å². The third-order valence-corrected chi connectivity index (χ3v) is 4.50. The summed E-state index contributed by atoms with van der Waals surface area (Å²) in [6, 6.07) is -0.154. The van der Waals surface area contributed by atoms with Crippen molar-refractivity contribution in [1.29, 1.82) is 0 Å². The van der Waals surface area contributed by atoms with Crippen LogP contribution in [0.4, 0.5) is 0 Å². The third kappa shape index (κ3) is 3.90. The highest BCUT2D eigenvalue weighted by Gasteiger charge is 2.39. The van der Waals surface area contributed by atoms with Crippen molar-refractivity contribution in [2.75, 3.05) is 19.6 Å². The van der Waals surface area contributed by atoms with Crippen molar-refractivity contribution >= 4 is 11.8 Å². The summed E-state index contributed by atoms with van der Waals surface area (Å²) in [6.07, 6.45) is 4.80. The van der Waals surface area contributed by atoms with Gasteiger partial charge in [-0.15, -0.1) is 0 Å². The number of aryl methyl sites for hydroxylation is 1. The molecule has 1 aromatic rings. The van der Waals surface area contributed by atoms with Gasteiger partial charge in [0.15, 0.2) is 5.82 Å². The van der Waals surface area contributed by atoms with Gasteiger partial charge in [-0.25, -0.2) is 4.98 Å². The molecule has 7 heteroatoms. The summed E-state index contributed by atoms with van der Waals surface area (Å²) >= 11 is 0. The molecule has 2 fully saturated rings. The zero-order valence-electron chi connectivity index (χ0n) is 13.8. The zero-order valence-corrected chi connectivity index (χ0v) is 13.8. The van der Waals surface area contributed by atoms with Crippen LogP contribution in [0.5, 0.6) is 0 Å². The topological polar surface area (TPSA) is 90.1 Å². The van der Waals surface area contributed by atoms with E-state index < -0.39 is 0 Å². The Morgan fingerprint density at radius 2 is 2.22 bits per heavy atom. The highest BCUT2D eigenvalue weighted by Crippen LogP contribution is 2.32. The van der Waals surface area contributed by atoms with Crippen LogP contribution in [0.25, 0.3) is 0 Å². The molecule has 0 aromatic carbocycles. The van der Waals surface area contributed by atoms with E-state index in [1.165, 1.54) is 12.8 Å². The number of imidazole rings is 1. The molecule has 0 bridgehead atoms. The molecule has 3 rings (SSSR count). The molecular formula is C16H25N5O2. The number of aromatic nitrogens is 2. The lowest BCUT2D eigenvalue weighted by Gasteiger charge is -2.22. The Hall–Kier alpha value is -1.89. The predicted molar refractivity (Wildman–Crippen MR) is 86.0 cm³/mol. The highest BCUT2D eigenvalue weighted by molar-refractivity contribution is 5.91. The maximum Gasteiger partial charge on any atom is 0.287 e. The van der Waals surface area contributed by atoms with Gasteiger partial charge in [-0.1, -0.05) is 0 Å². The fourth-order valence-corrected chi connectivity index (χ4v) is 3.19. The minimum atomic E-state index is -0.203. The second kappa shape index (κ2) is 6.70. The quantitative estimate of drug-likeness (QED) is 0.709. The van der Waals surface area contributed by atoms with Crippen molar-refractivity contribution in [3.8, 4) is 0 Å². The molecule has 2 heterocycles. The standard InChI is InChI=1S/C16H25N5O2/c1-3-17-15(22)13-6-12(9-21(13)8-11-4-5-11)20-16(23)14-18-7-10(2)19-14/h7,11-13H,3-6,8-9H2,1-2H3,(H,17,22)(H,18,19)(H,20,23)/t12-,13-/m0/s1. The molecular weight excluding hydrogens is 294 g/mol. The fourth-order valence-electron chi connectivity index (χ4n) is 3.19. The number of nitrogens with one attached hydrogen (secondary N) is 3. The molecule has 126 valence electrons. The Labute approximate surface area is 136 Å². The van der Waals surface area contributed by atoms with Gasteiger partial charge in [0.1, 0.15) is 0 Å². The molecule has 0 unspecified atom stereocenters. The number of rotatable bonds is 6. The Balaban J connectivity index is 1.61. The van der Waals surface area contributed by atoms with Gasteiger partial charge in [0.25, 0.3) is 5.91 Å². The summed E-state index contributed by atoms with van der Waals surface area (Å²) in [4.78, 5) is 33.7. The second-order valence-electron chi connectivity index (χ2n) is 6.63. The van der Waals surface area contributed by atoms with Gasteiger partial charge in [-0.3, -0.25) is 14.5 Å². The number of carbonyl (C=O) groups excluding carboxylic acids is 2. The third-order valence-electron chi connectivity index (χ3n) is 4.50. The number of H-pyrrole nitrogens is 1. The molecule has 1 aliphatic heterocycles. The minimum Gasteiger partial charge on any atom is -0.355 e. The fraction of sp³-hybridized carbons (Fsp3) is 0.688. The number of likely N-dealkylation sites (tertiary alicyclic amines) is 1. The number of carbonyl (C=O) groups is 2. The van der Waals surface area contributed by atoms with E-state index in [1.807, 2.05) is 13.8 Å². The number of hydrogen-bond donors (Lipinski definition) is 3. The zero-order chi connectivity index (χ0) is 16.4. The lowest BCUT2D eigenvalue weighted by Crippen LogP contribution is -2.43. The summed E-state index contributed by atoms with van der Waals surface area (Å²) in [5, 5.41) is 5.91. The number of likely N-dealkylation sites (N-methyl/N-ethyl adjacent to an activating group) is 1. The number of amides is 2. The average molecular weight is 319 g/mol. The summed E-state index contributed by atoms with van der Waals surface area (Å²) in [7, 11) is 0. The Kier molecular flexibility index (Phi) is 4.66. The van der Waals surface area contributed by atoms with Gasteiger partial charge in [-0.05, 0) is 39.0 Å². The Bertz CT molecular complexity index is 581. The van der Waals surface area contributed by atoms with Crippen LogP contribution in [0.15, 0.2) is 6.20 Å². The first-order valence-electron chi connectivity index (χ1n) is 8.41. The minimum absolute atomic E-state index is 0.0146. The lowest BCUT2D eigenvalue weighted by molar-refractivity contribution is -0.125. The molecule has 2 atom stereocenters. The Morgan fingerprint density at radius 1 is 1.43 bits per heavy atom. The first-order chi connectivity index (χ1) is 11.1. The first kappa shape index (κ1) is 16.0. The van der Waals surface area contributed by atoms with Crippen molar-refractivity contribution in [2.45, 2.75) is 45.2 Å². The monoisotopic (exact) mass is 319 g/mol. The summed E-state index contributed by atoms with van der Waals surface area (Å²) in [5.74, 6) is 0.913. The van der Waals surface area contributed by atoms with Crippen LogP contribution in [-0.2, 0) is 4.79 Å². The van der Waals surface area contributed by atoms with Gasteiger partial charge >= 0.3 is 0 Å². The molecule has 2 amide bonds. The predicted octanol–water partition coefficient (Wildman–Crippen LogP) is 0.437. The van der Waals surface area contributed by atoms with Gasteiger partial charge in [0.05, 0.1) is 6.04 Å².